The van der Waals surface area contributed by atoms with Gasteiger partial charge in [0.05, 0.1) is 11.1 Å². The minimum atomic E-state index is -4.51. The Hall–Kier alpha value is -1.52. The minimum absolute atomic E-state index is 0.491. The van der Waals surface area contributed by atoms with E-state index in [9.17, 15) is 18.0 Å². The Balaban J connectivity index is 3.13. The van der Waals surface area contributed by atoms with Gasteiger partial charge in [0.1, 0.15) is 0 Å². The van der Waals surface area contributed by atoms with Crippen LogP contribution in [-0.4, -0.2) is 11.1 Å². The quantitative estimate of drug-likeness (QED) is 0.735. The molecule has 0 saturated heterocycles. The van der Waals surface area contributed by atoms with Gasteiger partial charge in [0.2, 0.25) is 0 Å². The van der Waals surface area contributed by atoms with Gasteiger partial charge in [-0.25, -0.2) is 4.79 Å². The normalized spacial score (nSPS) is 11.3. The monoisotopic (exact) mass is 189 g/mol. The second-order valence-corrected chi connectivity index (χ2v) is 2.29. The molecule has 2 nitrogen and oxygen atoms in total. The molecule has 0 saturated carbocycles. The van der Waals surface area contributed by atoms with E-state index in [4.69, 9.17) is 5.11 Å². The molecule has 0 aliphatic carbocycles. The van der Waals surface area contributed by atoms with Crippen LogP contribution in [0, 0.1) is 6.07 Å². The molecule has 0 fully saturated rings. The highest BCUT2D eigenvalue weighted by molar-refractivity contribution is 5.87. The van der Waals surface area contributed by atoms with Crippen LogP contribution in [0.4, 0.5) is 13.2 Å². The third-order valence-electron chi connectivity index (χ3n) is 1.36. The van der Waals surface area contributed by atoms with Crippen molar-refractivity contribution in [3.05, 3.63) is 35.4 Å². The van der Waals surface area contributed by atoms with Crippen molar-refractivity contribution in [2.75, 3.05) is 0 Å². The van der Waals surface area contributed by atoms with Gasteiger partial charge in [-0.05, 0) is 18.2 Å². The van der Waals surface area contributed by atoms with Crippen molar-refractivity contribution in [2.24, 2.45) is 0 Å². The van der Waals surface area contributed by atoms with Crippen molar-refractivity contribution in [3.8, 4) is 0 Å². The summed E-state index contributed by atoms with van der Waals surface area (Å²) in [7, 11) is 0. The number of carboxylic acids is 1. The van der Waals surface area contributed by atoms with Gasteiger partial charge in [-0.1, -0.05) is 6.07 Å². The lowest BCUT2D eigenvalue weighted by Gasteiger charge is -2.05. The molecule has 1 radical (unpaired) electrons. The standard InChI is InChI=1S/C8H4F3O2/c9-8(10,11)6-3-1-2-5(4-6)7(12)13/h1,3-4H,(H,12,13). The number of hydrogen-bond acceptors (Lipinski definition) is 1. The molecule has 0 spiro atoms. The molecule has 0 unspecified atom stereocenters. The fourth-order valence-corrected chi connectivity index (χ4v) is 0.766. The molecule has 1 rings (SSSR count). The zero-order valence-electron chi connectivity index (χ0n) is 6.22. The molecule has 0 aliphatic rings. The SMILES string of the molecule is O=C(O)c1[c]ccc(C(F)(F)F)c1. The van der Waals surface area contributed by atoms with E-state index in [1.807, 2.05) is 0 Å². The van der Waals surface area contributed by atoms with Crippen LogP contribution in [0.2, 0.25) is 0 Å². The highest BCUT2D eigenvalue weighted by Crippen LogP contribution is 2.29. The van der Waals surface area contributed by atoms with E-state index < -0.39 is 23.3 Å². The fraction of sp³-hybridized carbons (Fsp3) is 0.125. The Morgan fingerprint density at radius 2 is 2.08 bits per heavy atom. The zero-order valence-corrected chi connectivity index (χ0v) is 6.22. The van der Waals surface area contributed by atoms with Crippen molar-refractivity contribution in [1.29, 1.82) is 0 Å². The molecule has 1 aromatic carbocycles. The number of rotatable bonds is 1. The molecule has 0 aromatic heterocycles. The summed E-state index contributed by atoms with van der Waals surface area (Å²) < 4.78 is 36.1. The summed E-state index contributed by atoms with van der Waals surface area (Å²) in [5.74, 6) is -1.42. The van der Waals surface area contributed by atoms with Crippen LogP contribution in [0.3, 0.4) is 0 Å². The zero-order chi connectivity index (χ0) is 10.1. The summed E-state index contributed by atoms with van der Waals surface area (Å²) in [5.41, 5.74) is -1.47. The van der Waals surface area contributed by atoms with Gasteiger partial charge in [0.25, 0.3) is 0 Å². The molecule has 0 amide bonds. The molecule has 1 aromatic rings. The van der Waals surface area contributed by atoms with Gasteiger partial charge in [-0.2, -0.15) is 13.2 Å². The number of carbonyl (C=O) groups is 1. The lowest BCUT2D eigenvalue weighted by atomic mass is 10.1. The van der Waals surface area contributed by atoms with E-state index in [1.54, 1.807) is 0 Å². The molecule has 69 valence electrons. The van der Waals surface area contributed by atoms with Crippen molar-refractivity contribution in [1.82, 2.24) is 0 Å². The topological polar surface area (TPSA) is 37.3 Å². The van der Waals surface area contributed by atoms with Crippen molar-refractivity contribution >= 4 is 5.97 Å². The molecular weight excluding hydrogens is 185 g/mol. The number of carboxylic acid groups (broad SMARTS) is 1. The second-order valence-electron chi connectivity index (χ2n) is 2.29. The maximum absolute atomic E-state index is 12.0. The maximum atomic E-state index is 12.0. The highest BCUT2D eigenvalue weighted by Gasteiger charge is 2.30. The number of halogens is 3. The van der Waals surface area contributed by atoms with Crippen molar-refractivity contribution < 1.29 is 23.1 Å². The number of benzene rings is 1. The summed E-state index contributed by atoms with van der Waals surface area (Å²) in [6, 6.07) is 4.43. The largest absolute Gasteiger partial charge is 0.478 e. The van der Waals surface area contributed by atoms with Crippen molar-refractivity contribution in [3.63, 3.8) is 0 Å². The number of aromatic carboxylic acids is 1. The number of alkyl halides is 3. The molecule has 0 bridgehead atoms. The first kappa shape index (κ1) is 9.57. The van der Waals surface area contributed by atoms with Crippen LogP contribution in [0.1, 0.15) is 15.9 Å². The van der Waals surface area contributed by atoms with Gasteiger partial charge in [-0.15, -0.1) is 0 Å². The van der Waals surface area contributed by atoms with Gasteiger partial charge >= 0.3 is 12.1 Å². The highest BCUT2D eigenvalue weighted by atomic mass is 19.4. The lowest BCUT2D eigenvalue weighted by molar-refractivity contribution is -0.137. The summed E-state index contributed by atoms with van der Waals surface area (Å²) >= 11 is 0. The first-order valence-electron chi connectivity index (χ1n) is 3.23. The summed E-state index contributed by atoms with van der Waals surface area (Å²) in [5, 5.41) is 8.38. The second kappa shape index (κ2) is 3.08. The minimum Gasteiger partial charge on any atom is -0.478 e. The van der Waals surface area contributed by atoms with Crippen LogP contribution >= 0.6 is 0 Å². The van der Waals surface area contributed by atoms with Crippen LogP contribution in [0.5, 0.6) is 0 Å². The van der Waals surface area contributed by atoms with Gasteiger partial charge in [0, 0.05) is 0 Å². The average molecular weight is 189 g/mol. The molecular formula is C8H4F3O2. The average Bonchev–Trinajstić information content (AvgIpc) is 2.03. The maximum Gasteiger partial charge on any atom is 0.416 e. The Morgan fingerprint density at radius 3 is 2.54 bits per heavy atom. The first-order valence-corrected chi connectivity index (χ1v) is 3.23. The van der Waals surface area contributed by atoms with Gasteiger partial charge < -0.3 is 5.11 Å². The van der Waals surface area contributed by atoms with Gasteiger partial charge in [0.15, 0.2) is 0 Å². The Kier molecular flexibility index (Phi) is 2.27. The predicted molar refractivity (Wildman–Crippen MR) is 37.2 cm³/mol. The lowest BCUT2D eigenvalue weighted by Crippen LogP contribution is -2.07. The molecule has 13 heavy (non-hydrogen) atoms. The summed E-state index contributed by atoms with van der Waals surface area (Å²) in [6.45, 7) is 0. The van der Waals surface area contributed by atoms with E-state index in [0.29, 0.717) is 6.07 Å². The first-order chi connectivity index (χ1) is 5.91. The fourth-order valence-electron chi connectivity index (χ4n) is 0.766. The van der Waals surface area contributed by atoms with E-state index in [1.165, 1.54) is 0 Å². The molecule has 0 heterocycles. The summed E-state index contributed by atoms with van der Waals surface area (Å²) in [6.07, 6.45) is -4.51. The Morgan fingerprint density at radius 1 is 1.46 bits per heavy atom. The molecule has 5 heteroatoms. The third-order valence-corrected chi connectivity index (χ3v) is 1.36. The Labute approximate surface area is 71.6 Å². The van der Waals surface area contributed by atoms with Crippen LogP contribution < -0.4 is 0 Å². The van der Waals surface area contributed by atoms with E-state index in [0.717, 1.165) is 12.1 Å². The Bertz CT molecular complexity index is 330. The van der Waals surface area contributed by atoms with E-state index in [2.05, 4.69) is 6.07 Å². The number of hydrogen-bond donors (Lipinski definition) is 1. The van der Waals surface area contributed by atoms with Crippen LogP contribution in [-0.2, 0) is 6.18 Å². The van der Waals surface area contributed by atoms with Crippen molar-refractivity contribution in [2.45, 2.75) is 6.18 Å². The predicted octanol–water partition coefficient (Wildman–Crippen LogP) is 2.20. The third kappa shape index (κ3) is 2.21. The molecule has 0 atom stereocenters. The van der Waals surface area contributed by atoms with E-state index >= 15 is 0 Å². The summed E-state index contributed by atoms with van der Waals surface area (Å²) in [4.78, 5) is 10.3. The van der Waals surface area contributed by atoms with E-state index in [-0.39, 0.29) is 0 Å². The molecule has 1 N–H and O–H groups in total. The van der Waals surface area contributed by atoms with Gasteiger partial charge in [-0.3, -0.25) is 0 Å². The van der Waals surface area contributed by atoms with Crippen LogP contribution in [0.15, 0.2) is 18.2 Å². The molecule has 0 aliphatic heterocycles. The van der Waals surface area contributed by atoms with Crippen LogP contribution in [0.25, 0.3) is 0 Å². The smallest absolute Gasteiger partial charge is 0.416 e.